The fraction of sp³-hybridized carbons (Fsp3) is 0.208. The quantitative estimate of drug-likeness (QED) is 0.509. The van der Waals surface area contributed by atoms with Crippen LogP contribution in [0.5, 0.6) is 0 Å². The highest BCUT2D eigenvalue weighted by Crippen LogP contribution is 2.23. The number of halogens is 2. The van der Waals surface area contributed by atoms with Crippen LogP contribution in [0.15, 0.2) is 65.6 Å². The molecule has 5 nitrogen and oxygen atoms in total. The number of hydrogen-bond acceptors (Lipinski definition) is 3. The zero-order valence-electron chi connectivity index (χ0n) is 17.9. The molecule has 0 saturated heterocycles. The van der Waals surface area contributed by atoms with E-state index in [0.717, 1.165) is 17.2 Å². The fourth-order valence-electron chi connectivity index (χ4n) is 3.68. The summed E-state index contributed by atoms with van der Waals surface area (Å²) in [6.07, 6.45) is 0.130. The summed E-state index contributed by atoms with van der Waals surface area (Å²) in [5.74, 6) is -1.20. The second kappa shape index (κ2) is 9.81. The molecule has 0 aliphatic heterocycles. The zero-order chi connectivity index (χ0) is 23.5. The van der Waals surface area contributed by atoms with E-state index in [-0.39, 0.29) is 22.0 Å². The van der Waals surface area contributed by atoms with Crippen molar-refractivity contribution >= 4 is 33.2 Å². The van der Waals surface area contributed by atoms with Gasteiger partial charge in [0.1, 0.15) is 11.9 Å². The lowest BCUT2D eigenvalue weighted by Gasteiger charge is -2.21. The Morgan fingerprint density at radius 1 is 1.00 bits per heavy atom. The van der Waals surface area contributed by atoms with Gasteiger partial charge in [0, 0.05) is 5.69 Å². The number of nitrogens with one attached hydrogen (secondary N) is 2. The molecule has 0 bridgehead atoms. The highest BCUT2D eigenvalue weighted by molar-refractivity contribution is 7.89. The van der Waals surface area contributed by atoms with Gasteiger partial charge < -0.3 is 5.32 Å². The summed E-state index contributed by atoms with van der Waals surface area (Å²) in [7, 11) is -4.01. The van der Waals surface area contributed by atoms with E-state index < -0.39 is 27.8 Å². The van der Waals surface area contributed by atoms with Crippen molar-refractivity contribution in [1.82, 2.24) is 4.72 Å². The zero-order valence-corrected chi connectivity index (χ0v) is 19.5. The van der Waals surface area contributed by atoms with Gasteiger partial charge in [-0.2, -0.15) is 4.72 Å². The minimum Gasteiger partial charge on any atom is -0.325 e. The molecular weight excluding hydrogens is 451 g/mol. The molecule has 3 rings (SSSR count). The second-order valence-corrected chi connectivity index (χ2v) is 9.77. The average Bonchev–Trinajstić information content (AvgIpc) is 2.70. The van der Waals surface area contributed by atoms with E-state index >= 15 is 0 Å². The molecule has 3 aromatic carbocycles. The molecule has 2 N–H and O–H groups in total. The van der Waals surface area contributed by atoms with Gasteiger partial charge in [0.05, 0.1) is 9.92 Å². The van der Waals surface area contributed by atoms with Crippen molar-refractivity contribution in [1.29, 1.82) is 0 Å². The van der Waals surface area contributed by atoms with E-state index in [1.54, 1.807) is 26.0 Å². The standard InChI is InChI=1S/C24H24ClFN2O3S/c1-15-11-16(2)23(17(3)12-15)32(30,31)28-22(13-18-7-5-4-6-8-18)24(29)27-19-9-10-21(26)20(25)14-19/h4-12,14,22,28H,13H2,1-3H3,(H,27,29)/t22-/m1/s1. The Morgan fingerprint density at radius 3 is 2.22 bits per heavy atom. The van der Waals surface area contributed by atoms with E-state index in [1.165, 1.54) is 12.1 Å². The molecule has 0 fully saturated rings. The van der Waals surface area contributed by atoms with Crippen LogP contribution >= 0.6 is 11.6 Å². The Bertz CT molecular complexity index is 1220. The van der Waals surface area contributed by atoms with Crippen molar-refractivity contribution in [2.24, 2.45) is 0 Å². The molecule has 0 saturated carbocycles. The lowest BCUT2D eigenvalue weighted by molar-refractivity contribution is -0.117. The maximum Gasteiger partial charge on any atom is 0.242 e. The van der Waals surface area contributed by atoms with Crippen LogP contribution in [0.25, 0.3) is 0 Å². The Labute approximate surface area is 192 Å². The summed E-state index contributed by atoms with van der Waals surface area (Å²) in [6, 6.07) is 15.3. The number of aryl methyl sites for hydroxylation is 3. The summed E-state index contributed by atoms with van der Waals surface area (Å²) in [5, 5.41) is 2.48. The summed E-state index contributed by atoms with van der Waals surface area (Å²) in [4.78, 5) is 13.2. The first-order valence-corrected chi connectivity index (χ1v) is 11.8. The van der Waals surface area contributed by atoms with Gasteiger partial charge in [0.15, 0.2) is 0 Å². The molecule has 0 aliphatic carbocycles. The van der Waals surface area contributed by atoms with Gasteiger partial charge >= 0.3 is 0 Å². The first kappa shape index (κ1) is 23.9. The van der Waals surface area contributed by atoms with E-state index in [0.29, 0.717) is 11.1 Å². The Morgan fingerprint density at radius 2 is 1.62 bits per heavy atom. The topological polar surface area (TPSA) is 75.3 Å². The number of anilines is 1. The van der Waals surface area contributed by atoms with E-state index in [1.807, 2.05) is 37.3 Å². The smallest absolute Gasteiger partial charge is 0.242 e. The normalized spacial score (nSPS) is 12.4. The molecule has 0 heterocycles. The minimum atomic E-state index is -4.01. The number of rotatable bonds is 7. The van der Waals surface area contributed by atoms with Crippen LogP contribution in [-0.2, 0) is 21.2 Å². The Kier molecular flexibility index (Phi) is 7.33. The van der Waals surface area contributed by atoms with Crippen molar-refractivity contribution < 1.29 is 17.6 Å². The molecule has 0 aromatic heterocycles. The van der Waals surface area contributed by atoms with Gasteiger partial charge in [-0.1, -0.05) is 59.6 Å². The largest absolute Gasteiger partial charge is 0.325 e. The molecule has 0 spiro atoms. The third kappa shape index (κ3) is 5.73. The number of carbonyl (C=O) groups excluding carboxylic acids is 1. The van der Waals surface area contributed by atoms with Gasteiger partial charge in [-0.15, -0.1) is 0 Å². The summed E-state index contributed by atoms with van der Waals surface area (Å²) in [6.45, 7) is 5.34. The molecule has 3 aromatic rings. The monoisotopic (exact) mass is 474 g/mol. The number of carbonyl (C=O) groups is 1. The third-order valence-corrected chi connectivity index (χ3v) is 7.02. The van der Waals surface area contributed by atoms with E-state index in [4.69, 9.17) is 11.6 Å². The molecular formula is C24H24ClFN2O3S. The third-order valence-electron chi connectivity index (χ3n) is 4.96. The molecule has 1 atom stereocenters. The van der Waals surface area contributed by atoms with Gasteiger partial charge in [-0.25, -0.2) is 12.8 Å². The highest BCUT2D eigenvalue weighted by Gasteiger charge is 2.28. The van der Waals surface area contributed by atoms with Crippen LogP contribution < -0.4 is 10.0 Å². The van der Waals surface area contributed by atoms with E-state index in [2.05, 4.69) is 10.0 Å². The SMILES string of the molecule is Cc1cc(C)c(S(=O)(=O)N[C@H](Cc2ccccc2)C(=O)Nc2ccc(F)c(Cl)c2)c(C)c1. The first-order valence-electron chi connectivity index (χ1n) is 9.97. The van der Waals surface area contributed by atoms with Crippen molar-refractivity contribution in [2.75, 3.05) is 5.32 Å². The van der Waals surface area contributed by atoms with Crippen molar-refractivity contribution in [3.8, 4) is 0 Å². The van der Waals surface area contributed by atoms with Crippen LogP contribution in [-0.4, -0.2) is 20.4 Å². The van der Waals surface area contributed by atoms with Crippen molar-refractivity contribution in [3.63, 3.8) is 0 Å². The average molecular weight is 475 g/mol. The van der Waals surface area contributed by atoms with E-state index in [9.17, 15) is 17.6 Å². The van der Waals surface area contributed by atoms with Crippen molar-refractivity contribution in [2.45, 2.75) is 38.1 Å². The maximum atomic E-state index is 13.5. The Balaban J connectivity index is 1.93. The highest BCUT2D eigenvalue weighted by atomic mass is 35.5. The molecule has 1 amide bonds. The number of sulfonamides is 1. The maximum absolute atomic E-state index is 13.5. The second-order valence-electron chi connectivity index (χ2n) is 7.71. The van der Waals surface area contributed by atoms with Crippen LogP contribution in [0, 0.1) is 26.6 Å². The van der Waals surface area contributed by atoms with Gasteiger partial charge in [-0.3, -0.25) is 4.79 Å². The lowest BCUT2D eigenvalue weighted by Crippen LogP contribution is -2.45. The summed E-state index contributed by atoms with van der Waals surface area (Å²) < 4.78 is 42.6. The number of hydrogen-bond donors (Lipinski definition) is 2. The minimum absolute atomic E-state index is 0.130. The predicted molar refractivity (Wildman–Crippen MR) is 125 cm³/mol. The summed E-state index contributed by atoms with van der Waals surface area (Å²) >= 11 is 5.80. The van der Waals surface area contributed by atoms with Crippen LogP contribution in [0.4, 0.5) is 10.1 Å². The molecule has 0 radical (unpaired) electrons. The van der Waals surface area contributed by atoms with Gasteiger partial charge in [0.2, 0.25) is 15.9 Å². The number of amides is 1. The van der Waals surface area contributed by atoms with Gasteiger partial charge in [-0.05, 0) is 62.1 Å². The lowest BCUT2D eigenvalue weighted by atomic mass is 10.1. The molecule has 168 valence electrons. The van der Waals surface area contributed by atoms with Crippen LogP contribution in [0.2, 0.25) is 5.02 Å². The fourth-order valence-corrected chi connectivity index (χ4v) is 5.51. The molecule has 0 unspecified atom stereocenters. The predicted octanol–water partition coefficient (Wildman–Crippen LogP) is 4.93. The molecule has 0 aliphatic rings. The first-order chi connectivity index (χ1) is 15.1. The molecule has 8 heteroatoms. The van der Waals surface area contributed by atoms with Crippen LogP contribution in [0.3, 0.4) is 0 Å². The molecule has 32 heavy (non-hydrogen) atoms. The Hall–Kier alpha value is -2.74. The van der Waals surface area contributed by atoms with Gasteiger partial charge in [0.25, 0.3) is 0 Å². The van der Waals surface area contributed by atoms with Crippen LogP contribution in [0.1, 0.15) is 22.3 Å². The number of benzene rings is 3. The van der Waals surface area contributed by atoms with Crippen molar-refractivity contribution in [3.05, 3.63) is 93.8 Å². The summed E-state index contributed by atoms with van der Waals surface area (Å²) in [5.41, 5.74) is 3.19.